The average Bonchev–Trinajstić information content (AvgIpc) is 2.96. The van der Waals surface area contributed by atoms with Gasteiger partial charge in [-0.2, -0.15) is 13.2 Å². The van der Waals surface area contributed by atoms with E-state index in [2.05, 4.69) is 0 Å². The largest absolute Gasteiger partial charge is 0.417 e. The van der Waals surface area contributed by atoms with Gasteiger partial charge in [0.25, 0.3) is 15.9 Å². The highest BCUT2D eigenvalue weighted by Crippen LogP contribution is 2.35. The minimum absolute atomic E-state index is 0.202. The van der Waals surface area contributed by atoms with E-state index in [1.54, 1.807) is 40.7 Å². The van der Waals surface area contributed by atoms with Crippen LogP contribution >= 0.6 is 11.6 Å². The summed E-state index contributed by atoms with van der Waals surface area (Å²) in [5.41, 5.74) is 1.67. The first-order chi connectivity index (χ1) is 13.0. The molecule has 0 saturated carbocycles. The monoisotopic (exact) mass is 431 g/mol. The van der Waals surface area contributed by atoms with E-state index in [-0.39, 0.29) is 5.56 Å². The van der Waals surface area contributed by atoms with Crippen LogP contribution < -0.4 is 10.3 Å². The number of carbonyl (C=O) groups is 1. The number of amides is 1. The molecule has 6 nitrogen and oxygen atoms in total. The van der Waals surface area contributed by atoms with Gasteiger partial charge in [-0.05, 0) is 24.3 Å². The molecule has 0 spiro atoms. The van der Waals surface area contributed by atoms with Crippen molar-refractivity contribution in [3.63, 3.8) is 0 Å². The molecule has 0 bridgehead atoms. The number of para-hydroxylation sites is 1. The second kappa shape index (κ2) is 7.12. The predicted molar refractivity (Wildman–Crippen MR) is 97.2 cm³/mol. The lowest BCUT2D eigenvalue weighted by Crippen LogP contribution is -2.41. The van der Waals surface area contributed by atoms with Crippen LogP contribution in [0.5, 0.6) is 0 Å². The van der Waals surface area contributed by atoms with E-state index >= 15 is 0 Å². The average molecular weight is 432 g/mol. The molecule has 0 unspecified atom stereocenters. The number of fused-ring (bicyclic) bond motifs is 1. The van der Waals surface area contributed by atoms with Gasteiger partial charge in [-0.1, -0.05) is 29.8 Å². The lowest BCUT2D eigenvalue weighted by molar-refractivity contribution is -0.137. The Kier molecular flexibility index (Phi) is 5.13. The smallest absolute Gasteiger partial charge is 0.350 e. The third-order valence-electron chi connectivity index (χ3n) is 3.99. The van der Waals surface area contributed by atoms with Crippen LogP contribution in [0.3, 0.4) is 0 Å². The molecular weight excluding hydrogens is 419 g/mol. The van der Waals surface area contributed by atoms with Crippen LogP contribution in [0.15, 0.2) is 53.6 Å². The number of sulfonamides is 1. The van der Waals surface area contributed by atoms with Crippen molar-refractivity contribution in [2.24, 2.45) is 7.05 Å². The molecule has 28 heavy (non-hydrogen) atoms. The number of carbonyl (C=O) groups excluding carboxylic acids is 1. The first-order valence-corrected chi connectivity index (χ1v) is 9.60. The van der Waals surface area contributed by atoms with E-state index in [0.717, 1.165) is 17.6 Å². The second-order valence-electron chi connectivity index (χ2n) is 5.87. The number of aryl methyl sites for hydroxylation is 1. The van der Waals surface area contributed by atoms with Crippen LogP contribution in [-0.2, 0) is 23.2 Å². The molecule has 1 aromatic heterocycles. The first kappa shape index (κ1) is 20.2. The molecule has 3 rings (SSSR count). The predicted octanol–water partition coefficient (Wildman–Crippen LogP) is 3.47. The molecule has 0 radical (unpaired) electrons. The van der Waals surface area contributed by atoms with Crippen molar-refractivity contribution in [1.82, 2.24) is 14.8 Å². The van der Waals surface area contributed by atoms with Crippen molar-refractivity contribution in [2.45, 2.75) is 11.1 Å². The Balaban J connectivity index is 1.85. The quantitative estimate of drug-likeness (QED) is 0.621. The van der Waals surface area contributed by atoms with Crippen molar-refractivity contribution in [3.8, 4) is 0 Å². The number of alkyl halides is 3. The molecule has 1 heterocycles. The zero-order valence-corrected chi connectivity index (χ0v) is 15.8. The number of hydrogen-bond donors (Lipinski definition) is 2. The number of rotatable bonds is 4. The number of benzene rings is 2. The summed E-state index contributed by atoms with van der Waals surface area (Å²) in [5.74, 6) is -0.759. The molecule has 148 valence electrons. The van der Waals surface area contributed by atoms with Crippen LogP contribution in [-0.4, -0.2) is 18.9 Å². The highest BCUT2D eigenvalue weighted by molar-refractivity contribution is 7.89. The molecule has 3 aromatic rings. The summed E-state index contributed by atoms with van der Waals surface area (Å²) in [5, 5.41) is -0.0428. The molecule has 0 aliphatic carbocycles. The van der Waals surface area contributed by atoms with Gasteiger partial charge >= 0.3 is 6.18 Å². The summed E-state index contributed by atoms with van der Waals surface area (Å²) in [4.78, 5) is 13.5. The van der Waals surface area contributed by atoms with Crippen molar-refractivity contribution in [1.29, 1.82) is 0 Å². The topological polar surface area (TPSA) is 80.2 Å². The molecule has 0 aliphatic heterocycles. The van der Waals surface area contributed by atoms with E-state index < -0.39 is 37.6 Å². The maximum atomic E-state index is 12.9. The SMILES string of the molecule is Cn1cc(C(=O)NNS(=O)(=O)c2ccc(Cl)c(C(F)(F)F)c2)c2ccccc21. The Morgan fingerprint density at radius 2 is 1.82 bits per heavy atom. The normalized spacial score (nSPS) is 12.3. The number of halogens is 4. The summed E-state index contributed by atoms with van der Waals surface area (Å²) in [6.45, 7) is 0. The van der Waals surface area contributed by atoms with E-state index in [1.165, 1.54) is 6.20 Å². The zero-order valence-electron chi connectivity index (χ0n) is 14.2. The van der Waals surface area contributed by atoms with Crippen molar-refractivity contribution < 1.29 is 26.4 Å². The Bertz CT molecular complexity index is 1170. The number of nitrogens with zero attached hydrogens (tertiary/aromatic N) is 1. The highest BCUT2D eigenvalue weighted by Gasteiger charge is 2.34. The van der Waals surface area contributed by atoms with Gasteiger partial charge < -0.3 is 4.57 Å². The third-order valence-corrected chi connectivity index (χ3v) is 5.57. The molecule has 2 aromatic carbocycles. The van der Waals surface area contributed by atoms with Crippen molar-refractivity contribution in [2.75, 3.05) is 0 Å². The maximum absolute atomic E-state index is 12.9. The van der Waals surface area contributed by atoms with Crippen LogP contribution in [0.1, 0.15) is 15.9 Å². The highest BCUT2D eigenvalue weighted by atomic mass is 35.5. The molecule has 0 saturated heterocycles. The Labute approximate surface area is 162 Å². The van der Waals surface area contributed by atoms with Crippen LogP contribution in [0.25, 0.3) is 10.9 Å². The fourth-order valence-corrected chi connectivity index (χ4v) is 3.74. The van der Waals surface area contributed by atoms with E-state index in [0.29, 0.717) is 11.5 Å². The molecule has 0 atom stereocenters. The van der Waals surface area contributed by atoms with Crippen LogP contribution in [0.4, 0.5) is 13.2 Å². The number of hydrogen-bond acceptors (Lipinski definition) is 3. The van der Waals surface area contributed by atoms with E-state index in [4.69, 9.17) is 11.6 Å². The lowest BCUT2D eigenvalue weighted by Gasteiger charge is -2.12. The maximum Gasteiger partial charge on any atom is 0.417 e. The Morgan fingerprint density at radius 3 is 2.50 bits per heavy atom. The minimum atomic E-state index is -4.82. The van der Waals surface area contributed by atoms with Gasteiger partial charge in [0.05, 0.1) is 21.0 Å². The number of aromatic nitrogens is 1. The molecule has 1 amide bonds. The molecule has 0 aliphatic rings. The van der Waals surface area contributed by atoms with Crippen LogP contribution in [0.2, 0.25) is 5.02 Å². The fraction of sp³-hybridized carbons (Fsp3) is 0.118. The lowest BCUT2D eigenvalue weighted by atomic mass is 10.2. The zero-order chi connectivity index (χ0) is 20.7. The third kappa shape index (κ3) is 3.84. The van der Waals surface area contributed by atoms with Gasteiger partial charge in [-0.15, -0.1) is 4.83 Å². The van der Waals surface area contributed by atoms with Gasteiger partial charge in [-0.25, -0.2) is 8.42 Å². The molecular formula is C17H13ClF3N3O3S. The molecule has 11 heteroatoms. The van der Waals surface area contributed by atoms with Gasteiger partial charge in [-0.3, -0.25) is 10.2 Å². The number of nitrogens with one attached hydrogen (secondary N) is 2. The summed E-state index contributed by atoms with van der Waals surface area (Å²) in [6, 6.07) is 9.10. The van der Waals surface area contributed by atoms with Gasteiger partial charge in [0.15, 0.2) is 0 Å². The van der Waals surface area contributed by atoms with Gasteiger partial charge in [0.2, 0.25) is 0 Å². The summed E-state index contributed by atoms with van der Waals surface area (Å²) < 4.78 is 65.1. The summed E-state index contributed by atoms with van der Waals surface area (Å²) in [7, 11) is -2.74. The summed E-state index contributed by atoms with van der Waals surface area (Å²) in [6.07, 6.45) is -3.31. The van der Waals surface area contributed by atoms with Gasteiger partial charge in [0, 0.05) is 24.1 Å². The van der Waals surface area contributed by atoms with E-state index in [9.17, 15) is 26.4 Å². The second-order valence-corrected chi connectivity index (χ2v) is 7.96. The Hall–Kier alpha value is -2.56. The minimum Gasteiger partial charge on any atom is -0.350 e. The standard InChI is InChI=1S/C17H13ClF3N3O3S/c1-24-9-12(11-4-2-3-5-15(11)24)16(25)22-23-28(26,27)10-6-7-14(18)13(8-10)17(19,20)21/h2-9,23H,1H3,(H,22,25). The number of hydrazine groups is 1. The van der Waals surface area contributed by atoms with Crippen molar-refractivity contribution in [3.05, 3.63) is 64.8 Å². The van der Waals surface area contributed by atoms with Crippen molar-refractivity contribution >= 4 is 38.4 Å². The first-order valence-electron chi connectivity index (χ1n) is 7.73. The molecule has 2 N–H and O–H groups in total. The fourth-order valence-electron chi connectivity index (χ4n) is 2.65. The van der Waals surface area contributed by atoms with Gasteiger partial charge in [0.1, 0.15) is 0 Å². The Morgan fingerprint density at radius 1 is 1.14 bits per heavy atom. The molecule has 0 fully saturated rings. The summed E-state index contributed by atoms with van der Waals surface area (Å²) >= 11 is 5.49. The van der Waals surface area contributed by atoms with Crippen LogP contribution in [0, 0.1) is 0 Å². The van der Waals surface area contributed by atoms with E-state index in [1.807, 2.05) is 5.43 Å².